The predicted octanol–water partition coefficient (Wildman–Crippen LogP) is 0.154. The van der Waals surface area contributed by atoms with E-state index in [9.17, 15) is 4.79 Å². The molecular formula is C11H21N3O. The first kappa shape index (κ1) is 10.9. The van der Waals surface area contributed by atoms with Crippen LogP contribution < -0.4 is 10.6 Å². The molecule has 2 N–H and O–H groups in total. The van der Waals surface area contributed by atoms with Crippen LogP contribution in [0.25, 0.3) is 0 Å². The Kier molecular flexibility index (Phi) is 2.98. The Bertz CT molecular complexity index is 246. The fourth-order valence-corrected chi connectivity index (χ4v) is 2.40. The number of hydrogen-bond acceptors (Lipinski definition) is 3. The second-order valence-electron chi connectivity index (χ2n) is 5.17. The molecule has 2 aliphatic heterocycles. The van der Waals surface area contributed by atoms with Crippen molar-refractivity contribution in [2.75, 3.05) is 26.2 Å². The number of hydrogen-bond donors (Lipinski definition) is 2. The van der Waals surface area contributed by atoms with Crippen LogP contribution in [0, 0.1) is 5.41 Å². The van der Waals surface area contributed by atoms with Crippen molar-refractivity contribution in [1.29, 1.82) is 0 Å². The number of amides is 1. The highest BCUT2D eigenvalue weighted by Gasteiger charge is 2.37. The van der Waals surface area contributed by atoms with Crippen molar-refractivity contribution in [1.82, 2.24) is 15.5 Å². The van der Waals surface area contributed by atoms with E-state index in [1.165, 1.54) is 6.42 Å². The molecule has 0 saturated carbocycles. The van der Waals surface area contributed by atoms with Crippen LogP contribution in [0.5, 0.6) is 0 Å². The van der Waals surface area contributed by atoms with Gasteiger partial charge < -0.3 is 10.2 Å². The van der Waals surface area contributed by atoms with Crippen molar-refractivity contribution < 1.29 is 4.79 Å². The van der Waals surface area contributed by atoms with E-state index in [4.69, 9.17) is 0 Å². The summed E-state index contributed by atoms with van der Waals surface area (Å²) in [4.78, 5) is 14.3. The van der Waals surface area contributed by atoms with E-state index in [1.807, 2.05) is 18.7 Å². The molecule has 4 heteroatoms. The molecule has 2 rings (SSSR count). The van der Waals surface area contributed by atoms with Gasteiger partial charge in [0.1, 0.15) is 0 Å². The van der Waals surface area contributed by atoms with E-state index in [1.54, 1.807) is 0 Å². The van der Waals surface area contributed by atoms with Gasteiger partial charge in [0.2, 0.25) is 5.91 Å². The molecule has 15 heavy (non-hydrogen) atoms. The molecule has 86 valence electrons. The largest absolute Gasteiger partial charge is 0.325 e. The standard InChI is InChI=1S/C11H21N3O/c1-11(2)8-12-6-7-14(10(11)15)9-4-3-5-13-9/h9,12-13H,3-8H2,1-2H3. The van der Waals surface area contributed by atoms with Crippen LogP contribution in [-0.4, -0.2) is 43.2 Å². The van der Waals surface area contributed by atoms with E-state index < -0.39 is 0 Å². The van der Waals surface area contributed by atoms with Gasteiger partial charge in [-0.2, -0.15) is 0 Å². The molecular weight excluding hydrogens is 190 g/mol. The SMILES string of the molecule is CC1(C)CNCCN(C2CCCN2)C1=O. The second-order valence-corrected chi connectivity index (χ2v) is 5.17. The first-order valence-corrected chi connectivity index (χ1v) is 5.86. The molecule has 2 saturated heterocycles. The third-order valence-corrected chi connectivity index (χ3v) is 3.35. The molecule has 0 aromatic carbocycles. The molecule has 2 heterocycles. The zero-order valence-electron chi connectivity index (χ0n) is 9.68. The van der Waals surface area contributed by atoms with Gasteiger partial charge in [0.05, 0.1) is 11.6 Å². The van der Waals surface area contributed by atoms with Gasteiger partial charge in [-0.05, 0) is 33.2 Å². The normalized spacial score (nSPS) is 31.7. The molecule has 1 atom stereocenters. The molecule has 0 spiro atoms. The number of rotatable bonds is 1. The lowest BCUT2D eigenvalue weighted by atomic mass is 9.92. The van der Waals surface area contributed by atoms with E-state index in [-0.39, 0.29) is 17.5 Å². The molecule has 0 aliphatic carbocycles. The van der Waals surface area contributed by atoms with Crippen molar-refractivity contribution >= 4 is 5.91 Å². The smallest absolute Gasteiger partial charge is 0.230 e. The molecule has 0 bridgehead atoms. The third-order valence-electron chi connectivity index (χ3n) is 3.35. The Morgan fingerprint density at radius 2 is 2.20 bits per heavy atom. The van der Waals surface area contributed by atoms with Gasteiger partial charge in [-0.25, -0.2) is 0 Å². The van der Waals surface area contributed by atoms with E-state index >= 15 is 0 Å². The van der Waals surface area contributed by atoms with Crippen LogP contribution in [0.2, 0.25) is 0 Å². The zero-order chi connectivity index (χ0) is 10.9. The topological polar surface area (TPSA) is 44.4 Å². The van der Waals surface area contributed by atoms with Gasteiger partial charge in [-0.1, -0.05) is 0 Å². The Hall–Kier alpha value is -0.610. The quantitative estimate of drug-likeness (QED) is 0.649. The molecule has 0 aromatic rings. The van der Waals surface area contributed by atoms with Gasteiger partial charge in [0.15, 0.2) is 0 Å². The summed E-state index contributed by atoms with van der Waals surface area (Å²) >= 11 is 0. The second kappa shape index (κ2) is 4.10. The molecule has 0 radical (unpaired) electrons. The summed E-state index contributed by atoms with van der Waals surface area (Å²) < 4.78 is 0. The van der Waals surface area contributed by atoms with Crippen LogP contribution in [0.3, 0.4) is 0 Å². The number of carbonyl (C=O) groups is 1. The Morgan fingerprint density at radius 1 is 1.40 bits per heavy atom. The summed E-state index contributed by atoms with van der Waals surface area (Å²) in [5, 5.41) is 6.73. The highest BCUT2D eigenvalue weighted by Crippen LogP contribution is 2.23. The average Bonchev–Trinajstić information content (AvgIpc) is 2.66. The van der Waals surface area contributed by atoms with E-state index in [0.29, 0.717) is 0 Å². The molecule has 2 aliphatic rings. The average molecular weight is 211 g/mol. The predicted molar refractivity (Wildman–Crippen MR) is 59.4 cm³/mol. The van der Waals surface area contributed by atoms with E-state index in [0.717, 1.165) is 32.6 Å². The van der Waals surface area contributed by atoms with Crippen molar-refractivity contribution in [2.45, 2.75) is 32.9 Å². The van der Waals surface area contributed by atoms with Gasteiger partial charge in [0, 0.05) is 19.6 Å². The van der Waals surface area contributed by atoms with Crippen LogP contribution >= 0.6 is 0 Å². The van der Waals surface area contributed by atoms with Crippen LogP contribution in [-0.2, 0) is 4.79 Å². The van der Waals surface area contributed by atoms with Crippen molar-refractivity contribution in [3.8, 4) is 0 Å². The maximum Gasteiger partial charge on any atom is 0.230 e. The lowest BCUT2D eigenvalue weighted by molar-refractivity contribution is -0.141. The minimum Gasteiger partial charge on any atom is -0.325 e. The fraction of sp³-hybridized carbons (Fsp3) is 0.909. The lowest BCUT2D eigenvalue weighted by Gasteiger charge is -2.32. The first-order chi connectivity index (χ1) is 7.11. The summed E-state index contributed by atoms with van der Waals surface area (Å²) in [6.45, 7) is 7.62. The van der Waals surface area contributed by atoms with E-state index in [2.05, 4.69) is 10.6 Å². The highest BCUT2D eigenvalue weighted by molar-refractivity contribution is 5.82. The summed E-state index contributed by atoms with van der Waals surface area (Å²) in [5.41, 5.74) is -0.263. The maximum atomic E-state index is 12.3. The van der Waals surface area contributed by atoms with Gasteiger partial charge in [0.25, 0.3) is 0 Å². The minimum absolute atomic E-state index is 0.263. The molecule has 0 aromatic heterocycles. The van der Waals surface area contributed by atoms with Crippen LogP contribution in [0.1, 0.15) is 26.7 Å². The number of carbonyl (C=O) groups excluding carboxylic acids is 1. The Morgan fingerprint density at radius 3 is 2.87 bits per heavy atom. The van der Waals surface area contributed by atoms with Gasteiger partial charge in [-0.15, -0.1) is 0 Å². The fourth-order valence-electron chi connectivity index (χ4n) is 2.40. The van der Waals surface area contributed by atoms with Crippen LogP contribution in [0.4, 0.5) is 0 Å². The van der Waals surface area contributed by atoms with Crippen LogP contribution in [0.15, 0.2) is 0 Å². The summed E-state index contributed by atoms with van der Waals surface area (Å²) in [6.07, 6.45) is 2.56. The van der Waals surface area contributed by atoms with Gasteiger partial charge >= 0.3 is 0 Å². The molecule has 1 unspecified atom stereocenters. The van der Waals surface area contributed by atoms with Crippen molar-refractivity contribution in [2.24, 2.45) is 5.41 Å². The summed E-state index contributed by atoms with van der Waals surface area (Å²) in [5.74, 6) is 0.284. The van der Waals surface area contributed by atoms with Gasteiger partial charge in [-0.3, -0.25) is 10.1 Å². The maximum absolute atomic E-state index is 12.3. The summed E-state index contributed by atoms with van der Waals surface area (Å²) in [6, 6.07) is 0. The lowest BCUT2D eigenvalue weighted by Crippen LogP contribution is -2.50. The minimum atomic E-state index is -0.263. The van der Waals surface area contributed by atoms with Crippen molar-refractivity contribution in [3.05, 3.63) is 0 Å². The molecule has 1 amide bonds. The Labute approximate surface area is 91.4 Å². The molecule has 4 nitrogen and oxygen atoms in total. The highest BCUT2D eigenvalue weighted by atomic mass is 16.2. The number of nitrogens with zero attached hydrogens (tertiary/aromatic N) is 1. The third kappa shape index (κ3) is 2.16. The number of nitrogens with one attached hydrogen (secondary N) is 2. The molecule has 2 fully saturated rings. The first-order valence-electron chi connectivity index (χ1n) is 5.86. The summed E-state index contributed by atoms with van der Waals surface area (Å²) in [7, 11) is 0. The Balaban J connectivity index is 2.11. The van der Waals surface area contributed by atoms with Crippen molar-refractivity contribution in [3.63, 3.8) is 0 Å². The zero-order valence-corrected chi connectivity index (χ0v) is 9.68. The monoisotopic (exact) mass is 211 g/mol.